The van der Waals surface area contributed by atoms with Crippen LogP contribution in [0.4, 0.5) is 0 Å². The third-order valence-electron chi connectivity index (χ3n) is 3.40. The van der Waals surface area contributed by atoms with Gasteiger partial charge in [0.1, 0.15) is 11.3 Å². The highest BCUT2D eigenvalue weighted by Crippen LogP contribution is 2.23. The largest absolute Gasteiger partial charge is 0.496 e. The number of nitrogens with one attached hydrogen (secondary N) is 1. The number of sulfonamides is 1. The third kappa shape index (κ3) is 5.04. The molecule has 0 radical (unpaired) electrons. The lowest BCUT2D eigenvalue weighted by atomic mass is 10.2. The zero-order chi connectivity index (χ0) is 19.3. The van der Waals surface area contributed by atoms with Crippen molar-refractivity contribution in [2.45, 2.75) is 17.9 Å². The molecule has 10 heteroatoms. The van der Waals surface area contributed by atoms with Crippen LogP contribution < -0.4 is 15.2 Å². The Morgan fingerprint density at radius 3 is 2.62 bits per heavy atom. The summed E-state index contributed by atoms with van der Waals surface area (Å²) >= 11 is 1.50. The van der Waals surface area contributed by atoms with Crippen LogP contribution in [0.5, 0.6) is 5.75 Å². The van der Waals surface area contributed by atoms with Gasteiger partial charge < -0.3 is 14.8 Å². The van der Waals surface area contributed by atoms with E-state index in [1.807, 2.05) is 24.4 Å². The van der Waals surface area contributed by atoms with Crippen LogP contribution in [0, 0.1) is 0 Å². The summed E-state index contributed by atoms with van der Waals surface area (Å²) in [7, 11) is -2.68. The maximum atomic E-state index is 12.2. The topological polar surface area (TPSA) is 125 Å². The average Bonchev–Trinajstić information content (AvgIpc) is 3.13. The van der Waals surface area contributed by atoms with Crippen molar-refractivity contribution < 1.29 is 27.5 Å². The molecule has 0 aliphatic rings. The predicted octanol–water partition coefficient (Wildman–Crippen LogP) is 1.44. The molecule has 0 aliphatic carbocycles. The Morgan fingerprint density at radius 1 is 1.31 bits per heavy atom. The van der Waals surface area contributed by atoms with Gasteiger partial charge in [-0.3, -0.25) is 4.79 Å². The second kappa shape index (κ2) is 8.30. The van der Waals surface area contributed by atoms with E-state index in [0.29, 0.717) is 0 Å². The summed E-state index contributed by atoms with van der Waals surface area (Å²) in [4.78, 5) is 24.8. The monoisotopic (exact) mass is 398 g/mol. The van der Waals surface area contributed by atoms with Crippen LogP contribution in [0.25, 0.3) is 0 Å². The first kappa shape index (κ1) is 19.9. The van der Waals surface area contributed by atoms with Gasteiger partial charge in [0.2, 0.25) is 10.0 Å². The van der Waals surface area contributed by atoms with Crippen LogP contribution in [-0.2, 0) is 19.6 Å². The highest BCUT2D eigenvalue weighted by molar-refractivity contribution is 7.89. The lowest BCUT2D eigenvalue weighted by Gasteiger charge is -2.13. The fraction of sp³-hybridized carbons (Fsp3) is 0.250. The number of ether oxygens (including phenoxy) is 2. The first-order valence-electron chi connectivity index (χ1n) is 7.43. The molecule has 1 amide bonds. The lowest BCUT2D eigenvalue weighted by Crippen LogP contribution is -2.30. The Kier molecular flexibility index (Phi) is 6.35. The van der Waals surface area contributed by atoms with Gasteiger partial charge in [-0.15, -0.1) is 11.3 Å². The lowest BCUT2D eigenvalue weighted by molar-refractivity contribution is -0.124. The average molecular weight is 398 g/mol. The number of rotatable bonds is 7. The molecule has 1 heterocycles. The van der Waals surface area contributed by atoms with Gasteiger partial charge in [0.05, 0.1) is 18.0 Å². The first-order chi connectivity index (χ1) is 12.2. The Hall–Kier alpha value is -2.43. The minimum absolute atomic E-state index is 0.106. The molecule has 0 unspecified atom stereocenters. The molecule has 2 aromatic rings. The molecule has 0 aliphatic heterocycles. The standard InChI is InChI=1S/C16H18N2O6S2/c1-10(14-4-3-7-25-14)18-15(19)9-24-16(20)12-8-11(26(17,21)22)5-6-13(12)23-2/h3-8,10H,9H2,1-2H3,(H,18,19)(H2,17,21,22)/t10-/m1/s1. The van der Waals surface area contributed by atoms with E-state index in [9.17, 15) is 18.0 Å². The van der Waals surface area contributed by atoms with Gasteiger partial charge >= 0.3 is 5.97 Å². The second-order valence-electron chi connectivity index (χ2n) is 5.29. The van der Waals surface area contributed by atoms with Gasteiger partial charge in [-0.1, -0.05) is 6.07 Å². The molecule has 26 heavy (non-hydrogen) atoms. The number of amides is 1. The molecule has 1 aromatic carbocycles. The minimum Gasteiger partial charge on any atom is -0.496 e. The Labute approximate surface area is 155 Å². The smallest absolute Gasteiger partial charge is 0.342 e. The molecule has 2 rings (SSSR count). The van der Waals surface area contributed by atoms with Crippen LogP contribution in [0.3, 0.4) is 0 Å². The second-order valence-corrected chi connectivity index (χ2v) is 7.83. The number of nitrogens with two attached hydrogens (primary N) is 1. The highest BCUT2D eigenvalue weighted by Gasteiger charge is 2.20. The molecule has 140 valence electrons. The number of hydrogen-bond donors (Lipinski definition) is 2. The maximum absolute atomic E-state index is 12.2. The van der Waals surface area contributed by atoms with Crippen LogP contribution >= 0.6 is 11.3 Å². The fourth-order valence-electron chi connectivity index (χ4n) is 2.12. The molecule has 1 atom stereocenters. The molecule has 0 fully saturated rings. The van der Waals surface area contributed by atoms with Gasteiger partial charge in [-0.05, 0) is 36.6 Å². The highest BCUT2D eigenvalue weighted by atomic mass is 32.2. The Balaban J connectivity index is 2.04. The van der Waals surface area contributed by atoms with Crippen molar-refractivity contribution in [3.05, 3.63) is 46.2 Å². The van der Waals surface area contributed by atoms with E-state index in [4.69, 9.17) is 14.6 Å². The molecule has 0 saturated heterocycles. The molecule has 3 N–H and O–H groups in total. The Bertz CT molecular complexity index is 893. The minimum atomic E-state index is -4.00. The van der Waals surface area contributed by atoms with Crippen LogP contribution in [0.15, 0.2) is 40.6 Å². The normalized spacial score (nSPS) is 12.3. The zero-order valence-corrected chi connectivity index (χ0v) is 15.7. The summed E-state index contributed by atoms with van der Waals surface area (Å²) in [6.07, 6.45) is 0. The summed E-state index contributed by atoms with van der Waals surface area (Å²) in [6.45, 7) is 1.29. The predicted molar refractivity (Wildman–Crippen MR) is 95.5 cm³/mol. The van der Waals surface area contributed by atoms with Gasteiger partial charge in [-0.25, -0.2) is 18.4 Å². The van der Waals surface area contributed by atoms with E-state index in [1.54, 1.807) is 0 Å². The van der Waals surface area contributed by atoms with Crippen LogP contribution in [0.1, 0.15) is 28.2 Å². The van der Waals surface area contributed by atoms with E-state index in [-0.39, 0.29) is 22.3 Å². The van der Waals surface area contributed by atoms with Crippen molar-refractivity contribution in [3.63, 3.8) is 0 Å². The fourth-order valence-corrected chi connectivity index (χ4v) is 3.40. The van der Waals surface area contributed by atoms with Gasteiger partial charge in [0, 0.05) is 4.88 Å². The number of thiophene rings is 1. The van der Waals surface area contributed by atoms with Crippen molar-refractivity contribution >= 4 is 33.2 Å². The van der Waals surface area contributed by atoms with Crippen molar-refractivity contribution in [2.24, 2.45) is 5.14 Å². The van der Waals surface area contributed by atoms with Crippen molar-refractivity contribution in [2.75, 3.05) is 13.7 Å². The summed E-state index contributed by atoms with van der Waals surface area (Å²) < 4.78 is 32.8. The van der Waals surface area contributed by atoms with E-state index in [0.717, 1.165) is 10.9 Å². The van der Waals surface area contributed by atoms with Crippen LogP contribution in [-0.4, -0.2) is 34.0 Å². The molecule has 8 nitrogen and oxygen atoms in total. The van der Waals surface area contributed by atoms with Crippen molar-refractivity contribution in [3.8, 4) is 5.75 Å². The van der Waals surface area contributed by atoms with Gasteiger partial charge in [0.25, 0.3) is 5.91 Å². The Morgan fingerprint density at radius 2 is 2.04 bits per heavy atom. The van der Waals surface area contributed by atoms with Crippen molar-refractivity contribution in [1.82, 2.24) is 5.32 Å². The summed E-state index contributed by atoms with van der Waals surface area (Å²) in [6, 6.07) is 7.07. The zero-order valence-electron chi connectivity index (χ0n) is 14.1. The number of hydrogen-bond acceptors (Lipinski definition) is 7. The number of esters is 1. The number of benzene rings is 1. The molecule has 0 saturated carbocycles. The number of methoxy groups -OCH3 is 1. The maximum Gasteiger partial charge on any atom is 0.342 e. The van der Waals surface area contributed by atoms with E-state index in [2.05, 4.69) is 5.32 Å². The molecular weight excluding hydrogens is 380 g/mol. The summed E-state index contributed by atoms with van der Waals surface area (Å²) in [5, 5.41) is 9.65. The number of carbonyl (C=O) groups is 2. The molecule has 0 spiro atoms. The summed E-state index contributed by atoms with van der Waals surface area (Å²) in [5.41, 5.74) is -0.141. The van der Waals surface area contributed by atoms with Crippen molar-refractivity contribution in [1.29, 1.82) is 0 Å². The summed E-state index contributed by atoms with van der Waals surface area (Å²) in [5.74, 6) is -1.28. The van der Waals surface area contributed by atoms with E-state index in [1.165, 1.54) is 30.6 Å². The van der Waals surface area contributed by atoms with Gasteiger partial charge in [0.15, 0.2) is 6.61 Å². The first-order valence-corrected chi connectivity index (χ1v) is 9.85. The molecular formula is C16H18N2O6S2. The SMILES string of the molecule is COc1ccc(S(N)(=O)=O)cc1C(=O)OCC(=O)N[C@H](C)c1cccs1. The van der Waals surface area contributed by atoms with Crippen LogP contribution in [0.2, 0.25) is 0 Å². The number of primary sulfonamides is 1. The quantitative estimate of drug-likeness (QED) is 0.680. The third-order valence-corrected chi connectivity index (χ3v) is 5.37. The van der Waals surface area contributed by atoms with E-state index >= 15 is 0 Å². The molecule has 1 aromatic heterocycles. The van der Waals surface area contributed by atoms with E-state index < -0.39 is 28.5 Å². The molecule has 0 bridgehead atoms. The number of carbonyl (C=O) groups excluding carboxylic acids is 2. The van der Waals surface area contributed by atoms with Gasteiger partial charge in [-0.2, -0.15) is 0 Å².